The van der Waals surface area contributed by atoms with E-state index < -0.39 is 23.9 Å². The van der Waals surface area contributed by atoms with E-state index in [0.717, 1.165) is 11.1 Å². The zero-order valence-corrected chi connectivity index (χ0v) is 13.3. The van der Waals surface area contributed by atoms with E-state index in [4.69, 9.17) is 23.2 Å². The number of halogens is 2. The van der Waals surface area contributed by atoms with Crippen molar-refractivity contribution in [2.75, 3.05) is 0 Å². The summed E-state index contributed by atoms with van der Waals surface area (Å²) in [6.45, 7) is 5.16. The van der Waals surface area contributed by atoms with Gasteiger partial charge in [-0.05, 0) is 0 Å². The Labute approximate surface area is 113 Å². The van der Waals surface area contributed by atoms with Crippen LogP contribution in [0.25, 0.3) is 0 Å². The third-order valence-electron chi connectivity index (χ3n) is 1.98. The molecule has 0 heterocycles. The molecule has 0 unspecified atom stereocenters. The molecule has 7 heteroatoms. The van der Waals surface area contributed by atoms with E-state index in [1.807, 2.05) is 0 Å². The van der Waals surface area contributed by atoms with Crippen molar-refractivity contribution >= 4 is 35.9 Å². The minimum absolute atomic E-state index is 0.357. The third kappa shape index (κ3) is 4.05. The van der Waals surface area contributed by atoms with Gasteiger partial charge in [0.15, 0.2) is 0 Å². The predicted molar refractivity (Wildman–Crippen MR) is 67.6 cm³/mol. The molecule has 2 N–H and O–H groups in total. The third-order valence-corrected chi connectivity index (χ3v) is 8.03. The van der Waals surface area contributed by atoms with E-state index in [1.54, 1.807) is 0 Å². The molecular weight excluding hydrogens is 334 g/mol. The molecular formula is C10H16Cl2O4Se. The second-order valence-corrected chi connectivity index (χ2v) is 8.96. The molecule has 0 fully saturated rings. The first kappa shape index (κ1) is 17.1. The maximum absolute atomic E-state index is 12.2. The van der Waals surface area contributed by atoms with Crippen molar-refractivity contribution in [1.29, 1.82) is 0 Å². The van der Waals surface area contributed by atoms with Crippen molar-refractivity contribution in [3.8, 4) is 0 Å². The molecule has 0 aliphatic heterocycles. The van der Waals surface area contributed by atoms with E-state index in [0.29, 0.717) is 0 Å². The van der Waals surface area contributed by atoms with Crippen molar-refractivity contribution < 1.29 is 17.9 Å². The number of hydrogen-bond donors (Lipinski definition) is 2. The maximum atomic E-state index is 12.2. The Morgan fingerprint density at radius 1 is 0.941 bits per heavy atom. The van der Waals surface area contributed by atoms with Crippen molar-refractivity contribution in [3.05, 3.63) is 20.0 Å². The van der Waals surface area contributed by atoms with E-state index in [1.165, 1.54) is 27.7 Å². The van der Waals surface area contributed by atoms with Crippen LogP contribution in [0.2, 0.25) is 0 Å². The molecule has 0 aliphatic carbocycles. The van der Waals surface area contributed by atoms with Gasteiger partial charge in [0.2, 0.25) is 0 Å². The average Bonchev–Trinajstić information content (AvgIpc) is 1.98. The zero-order valence-electron chi connectivity index (χ0n) is 10.0. The van der Waals surface area contributed by atoms with E-state index in [9.17, 15) is 17.9 Å². The fraction of sp³-hybridized carbons (Fsp3) is 0.600. The molecule has 0 saturated carbocycles. The van der Waals surface area contributed by atoms with E-state index >= 15 is 0 Å². The molecule has 0 aromatic heterocycles. The van der Waals surface area contributed by atoms with Crippen molar-refractivity contribution in [3.63, 3.8) is 0 Å². The average molecular weight is 350 g/mol. The summed E-state index contributed by atoms with van der Waals surface area (Å²) in [5.41, 5.74) is -1.68. The fourth-order valence-corrected chi connectivity index (χ4v) is 6.66. The Balaban J connectivity index is 5.91. The van der Waals surface area contributed by atoms with Gasteiger partial charge < -0.3 is 0 Å². The summed E-state index contributed by atoms with van der Waals surface area (Å²) in [7, 11) is 0. The Morgan fingerprint density at radius 2 is 1.18 bits per heavy atom. The quantitative estimate of drug-likeness (QED) is 0.762. The minimum atomic E-state index is -4.98. The number of hydrogen-bond acceptors (Lipinski definition) is 4. The van der Waals surface area contributed by atoms with Crippen molar-refractivity contribution in [2.24, 2.45) is 0 Å². The number of rotatable bonds is 4. The van der Waals surface area contributed by atoms with Gasteiger partial charge in [-0.25, -0.2) is 0 Å². The van der Waals surface area contributed by atoms with Crippen LogP contribution in [-0.4, -0.2) is 34.1 Å². The predicted octanol–water partition coefficient (Wildman–Crippen LogP) is 2.16. The molecule has 4 nitrogen and oxygen atoms in total. The van der Waals surface area contributed by atoms with Crippen molar-refractivity contribution in [2.45, 2.75) is 38.9 Å². The first-order chi connectivity index (χ1) is 7.39. The molecule has 0 rings (SSSR count). The van der Waals surface area contributed by atoms with Crippen LogP contribution < -0.4 is 0 Å². The van der Waals surface area contributed by atoms with Crippen LogP contribution in [-0.2, 0) is 7.67 Å². The summed E-state index contributed by atoms with van der Waals surface area (Å²) in [4.78, 5) is 0. The van der Waals surface area contributed by atoms with Crippen LogP contribution in [0.3, 0.4) is 0 Å². The first-order valence-electron chi connectivity index (χ1n) is 4.70. The molecule has 100 valence electrons. The van der Waals surface area contributed by atoms with Gasteiger partial charge in [0.25, 0.3) is 0 Å². The van der Waals surface area contributed by atoms with Gasteiger partial charge in [-0.1, -0.05) is 0 Å². The molecule has 0 amide bonds. The summed E-state index contributed by atoms with van der Waals surface area (Å²) in [5, 5.41) is 19.5. The second-order valence-electron chi connectivity index (χ2n) is 4.57. The Kier molecular flexibility index (Phi) is 5.42. The molecule has 0 aromatic carbocycles. The van der Waals surface area contributed by atoms with Gasteiger partial charge in [-0.3, -0.25) is 0 Å². The van der Waals surface area contributed by atoms with Crippen LogP contribution in [0.4, 0.5) is 0 Å². The number of aliphatic hydroxyl groups is 2. The second kappa shape index (κ2) is 5.39. The Bertz CT molecular complexity index is 400. The van der Waals surface area contributed by atoms with Crippen LogP contribution >= 0.6 is 23.2 Å². The monoisotopic (exact) mass is 350 g/mol. The topological polar surface area (TPSA) is 74.6 Å². The fourth-order valence-electron chi connectivity index (χ4n) is 1.16. The van der Waals surface area contributed by atoms with Gasteiger partial charge in [0.1, 0.15) is 0 Å². The van der Waals surface area contributed by atoms with Gasteiger partial charge in [-0.15, -0.1) is 0 Å². The molecule has 0 aliphatic rings. The van der Waals surface area contributed by atoms with E-state index in [2.05, 4.69) is 0 Å². The molecule has 0 bridgehead atoms. The summed E-state index contributed by atoms with van der Waals surface area (Å²) in [6, 6.07) is 0. The van der Waals surface area contributed by atoms with Crippen molar-refractivity contribution in [1.82, 2.24) is 0 Å². The van der Waals surface area contributed by atoms with E-state index in [-0.39, 0.29) is 8.94 Å². The molecule has 0 radical (unpaired) electrons. The molecule has 0 atom stereocenters. The Hall–Kier alpha value is 0.0995. The van der Waals surface area contributed by atoms with Crippen LogP contribution in [0.15, 0.2) is 20.0 Å². The van der Waals surface area contributed by atoms with Crippen LogP contribution in [0, 0.1) is 0 Å². The molecule has 0 saturated heterocycles. The van der Waals surface area contributed by atoms with Crippen LogP contribution in [0.1, 0.15) is 27.7 Å². The SMILES string of the molecule is CC(C)(O)/C(=C/Cl)[Se](=O)(=O)/C(=C\Cl)C(C)(C)O. The summed E-state index contributed by atoms with van der Waals surface area (Å²) >= 11 is 5.93. The van der Waals surface area contributed by atoms with Gasteiger partial charge in [0, 0.05) is 0 Å². The summed E-state index contributed by atoms with van der Waals surface area (Å²) in [5.74, 6) is 0. The first-order valence-corrected chi connectivity index (χ1v) is 8.69. The summed E-state index contributed by atoms with van der Waals surface area (Å²) < 4.78 is 23.8. The van der Waals surface area contributed by atoms with Gasteiger partial charge in [0.05, 0.1) is 0 Å². The standard InChI is InChI=1S/C10H16Cl2O4Se/c1-9(2,13)7(5-11)17(15,16)8(6-12)10(3,4)14/h5-6,13-14H,1-4H3/b7-5-,8-6-. The molecule has 17 heavy (non-hydrogen) atoms. The Morgan fingerprint density at radius 3 is 1.29 bits per heavy atom. The van der Waals surface area contributed by atoms with Crippen LogP contribution in [0.5, 0.6) is 0 Å². The zero-order chi connectivity index (χ0) is 14.1. The van der Waals surface area contributed by atoms with Gasteiger partial charge in [-0.2, -0.15) is 0 Å². The molecule has 0 aromatic rings. The summed E-state index contributed by atoms with van der Waals surface area (Å²) in [6.07, 6.45) is 0. The van der Waals surface area contributed by atoms with Gasteiger partial charge >= 0.3 is 113 Å². The normalized spacial score (nSPS) is 16.2. The molecule has 0 spiro atoms.